The van der Waals surface area contributed by atoms with Crippen LogP contribution < -0.4 is 4.74 Å². The van der Waals surface area contributed by atoms with Gasteiger partial charge in [-0.2, -0.15) is 17.5 Å². The number of carbonyl (C=O) groups excluding carboxylic acids is 1. The second-order valence-corrected chi connectivity index (χ2v) is 9.30. The van der Waals surface area contributed by atoms with Gasteiger partial charge in [0.2, 0.25) is 10.0 Å². The summed E-state index contributed by atoms with van der Waals surface area (Å²) in [5.74, 6) is 0.272. The van der Waals surface area contributed by atoms with E-state index in [1.807, 2.05) is 19.1 Å². The zero-order chi connectivity index (χ0) is 22.8. The first-order chi connectivity index (χ1) is 14.5. The minimum Gasteiger partial charge on any atom is -0.484 e. The molecule has 2 aromatic carbocycles. The van der Waals surface area contributed by atoms with Crippen LogP contribution in [0.3, 0.4) is 0 Å². The Morgan fingerprint density at radius 3 is 2.35 bits per heavy atom. The number of alkyl halides is 3. The summed E-state index contributed by atoms with van der Waals surface area (Å²) >= 11 is 5.89. The molecule has 0 atom stereocenters. The van der Waals surface area contributed by atoms with Gasteiger partial charge in [0.15, 0.2) is 6.61 Å². The van der Waals surface area contributed by atoms with Crippen molar-refractivity contribution in [3.8, 4) is 5.75 Å². The number of benzene rings is 2. The van der Waals surface area contributed by atoms with E-state index in [0.717, 1.165) is 22.0 Å². The van der Waals surface area contributed by atoms with Gasteiger partial charge < -0.3 is 9.64 Å². The number of amides is 1. The second kappa shape index (κ2) is 9.05. The summed E-state index contributed by atoms with van der Waals surface area (Å²) in [7, 11) is -4.25. The van der Waals surface area contributed by atoms with Crippen molar-refractivity contribution in [2.24, 2.45) is 0 Å². The molecule has 3 rings (SSSR count). The smallest absolute Gasteiger partial charge is 0.416 e. The number of carbonyl (C=O) groups is 1. The van der Waals surface area contributed by atoms with Gasteiger partial charge in [0.25, 0.3) is 5.91 Å². The number of halogens is 4. The van der Waals surface area contributed by atoms with Gasteiger partial charge in [-0.05, 0) is 36.8 Å². The summed E-state index contributed by atoms with van der Waals surface area (Å²) in [5, 5.41) is -0.293. The lowest BCUT2D eigenvalue weighted by Crippen LogP contribution is -2.51. The van der Waals surface area contributed by atoms with Crippen LogP contribution in [-0.2, 0) is 21.0 Å². The Balaban J connectivity index is 1.65. The normalized spacial score (nSPS) is 15.7. The van der Waals surface area contributed by atoms with Crippen LogP contribution in [0.1, 0.15) is 11.1 Å². The Morgan fingerprint density at radius 1 is 1.10 bits per heavy atom. The second-order valence-electron chi connectivity index (χ2n) is 6.98. The van der Waals surface area contributed by atoms with Gasteiger partial charge in [0.05, 0.1) is 10.6 Å². The SMILES string of the molecule is Cc1ccccc1OCC(=O)N1CCN(S(=O)(=O)c2cc(C(F)(F)F)ccc2Cl)CC1. The third-order valence-electron chi connectivity index (χ3n) is 4.91. The Bertz CT molecular complexity index is 1070. The van der Waals surface area contributed by atoms with Crippen molar-refractivity contribution in [3.05, 3.63) is 58.6 Å². The monoisotopic (exact) mass is 476 g/mol. The fourth-order valence-corrected chi connectivity index (χ4v) is 5.07. The van der Waals surface area contributed by atoms with E-state index in [-0.39, 0.29) is 43.7 Å². The van der Waals surface area contributed by atoms with Crippen LogP contribution in [0.4, 0.5) is 13.2 Å². The Labute approximate surface area is 183 Å². The summed E-state index contributed by atoms with van der Waals surface area (Å²) < 4.78 is 71.2. The first kappa shape index (κ1) is 23.4. The molecule has 168 valence electrons. The molecular formula is C20H20ClF3N2O4S. The van der Waals surface area contributed by atoms with Crippen molar-refractivity contribution in [2.75, 3.05) is 32.8 Å². The van der Waals surface area contributed by atoms with Gasteiger partial charge in [-0.1, -0.05) is 29.8 Å². The molecule has 1 aliphatic heterocycles. The molecule has 31 heavy (non-hydrogen) atoms. The van der Waals surface area contributed by atoms with Crippen molar-refractivity contribution in [1.82, 2.24) is 9.21 Å². The summed E-state index contributed by atoms with van der Waals surface area (Å²) in [4.78, 5) is 13.3. The van der Waals surface area contributed by atoms with Crippen molar-refractivity contribution in [1.29, 1.82) is 0 Å². The molecule has 2 aromatic rings. The van der Waals surface area contributed by atoms with Crippen molar-refractivity contribution in [3.63, 3.8) is 0 Å². The summed E-state index contributed by atoms with van der Waals surface area (Å²) in [6.45, 7) is 1.70. The maximum Gasteiger partial charge on any atom is 0.416 e. The van der Waals surface area contributed by atoms with Gasteiger partial charge >= 0.3 is 6.18 Å². The molecule has 1 saturated heterocycles. The lowest BCUT2D eigenvalue weighted by atomic mass is 10.2. The molecule has 1 fully saturated rings. The van der Waals surface area contributed by atoms with Gasteiger partial charge in [0.1, 0.15) is 10.6 Å². The molecule has 1 heterocycles. The molecule has 11 heteroatoms. The highest BCUT2D eigenvalue weighted by Crippen LogP contribution is 2.34. The maximum atomic E-state index is 13.0. The standard InChI is InChI=1S/C20H20ClF3N2O4S/c1-14-4-2-3-5-17(14)30-13-19(27)25-8-10-26(11-9-25)31(28,29)18-12-15(20(22,23)24)6-7-16(18)21/h2-7,12H,8-11,13H2,1H3. The summed E-state index contributed by atoms with van der Waals surface area (Å²) in [5.41, 5.74) is -0.221. The van der Waals surface area contributed by atoms with Gasteiger partial charge in [-0.3, -0.25) is 4.79 Å². The van der Waals surface area contributed by atoms with E-state index in [4.69, 9.17) is 16.3 Å². The van der Waals surface area contributed by atoms with Gasteiger partial charge in [-0.15, -0.1) is 0 Å². The molecule has 0 unspecified atom stereocenters. The number of rotatable bonds is 5. The van der Waals surface area contributed by atoms with Crippen LogP contribution in [0, 0.1) is 6.92 Å². The van der Waals surface area contributed by atoms with Crippen LogP contribution >= 0.6 is 11.6 Å². The van der Waals surface area contributed by atoms with E-state index in [1.54, 1.807) is 12.1 Å². The highest BCUT2D eigenvalue weighted by atomic mass is 35.5. The predicted octanol–water partition coefficient (Wildman–Crippen LogP) is 3.58. The first-order valence-corrected chi connectivity index (χ1v) is 11.1. The molecule has 1 aliphatic rings. The molecule has 0 aromatic heterocycles. The molecule has 0 saturated carbocycles. The van der Waals surface area contributed by atoms with Crippen LogP contribution in [0.15, 0.2) is 47.4 Å². The van der Waals surface area contributed by atoms with Gasteiger partial charge in [0, 0.05) is 26.2 Å². The average Bonchev–Trinajstić information content (AvgIpc) is 2.72. The number of sulfonamides is 1. The van der Waals surface area contributed by atoms with Crippen LogP contribution in [0.25, 0.3) is 0 Å². The lowest BCUT2D eigenvalue weighted by Gasteiger charge is -2.34. The maximum absolute atomic E-state index is 13.0. The Morgan fingerprint density at radius 2 is 1.74 bits per heavy atom. The van der Waals surface area contributed by atoms with Crippen LogP contribution in [0.5, 0.6) is 5.75 Å². The topological polar surface area (TPSA) is 66.9 Å². The highest BCUT2D eigenvalue weighted by Gasteiger charge is 2.35. The van der Waals surface area contributed by atoms with Gasteiger partial charge in [-0.25, -0.2) is 8.42 Å². The number of hydrogen-bond acceptors (Lipinski definition) is 4. The molecule has 0 radical (unpaired) electrons. The number of para-hydroxylation sites is 1. The minimum atomic E-state index is -4.70. The fraction of sp³-hybridized carbons (Fsp3) is 0.350. The van der Waals surface area contributed by atoms with Crippen molar-refractivity contribution in [2.45, 2.75) is 18.0 Å². The third kappa shape index (κ3) is 5.31. The van der Waals surface area contributed by atoms with Crippen molar-refractivity contribution >= 4 is 27.5 Å². The minimum absolute atomic E-state index is 0.0645. The zero-order valence-corrected chi connectivity index (χ0v) is 18.1. The molecular weight excluding hydrogens is 457 g/mol. The summed E-state index contributed by atoms with van der Waals surface area (Å²) in [6, 6.07) is 9.40. The molecule has 0 N–H and O–H groups in total. The molecule has 0 spiro atoms. The molecule has 0 bridgehead atoms. The lowest BCUT2D eigenvalue weighted by molar-refractivity contribution is -0.138. The van der Waals surface area contributed by atoms with Crippen LogP contribution in [0.2, 0.25) is 5.02 Å². The largest absolute Gasteiger partial charge is 0.484 e. The van der Waals surface area contributed by atoms with E-state index in [2.05, 4.69) is 0 Å². The molecule has 6 nitrogen and oxygen atoms in total. The van der Waals surface area contributed by atoms with E-state index < -0.39 is 26.7 Å². The Kier molecular flexibility index (Phi) is 6.82. The number of ether oxygens (including phenoxy) is 1. The van der Waals surface area contributed by atoms with E-state index in [9.17, 15) is 26.4 Å². The van der Waals surface area contributed by atoms with E-state index in [1.165, 1.54) is 4.90 Å². The summed E-state index contributed by atoms with van der Waals surface area (Å²) in [6.07, 6.45) is -4.70. The van der Waals surface area contributed by atoms with E-state index >= 15 is 0 Å². The average molecular weight is 477 g/mol. The molecule has 1 amide bonds. The van der Waals surface area contributed by atoms with E-state index in [0.29, 0.717) is 11.8 Å². The third-order valence-corrected chi connectivity index (χ3v) is 7.29. The van der Waals surface area contributed by atoms with Crippen molar-refractivity contribution < 1.29 is 31.1 Å². The quantitative estimate of drug-likeness (QED) is 0.661. The number of nitrogens with zero attached hydrogens (tertiary/aromatic N) is 2. The Hall–Kier alpha value is -2.30. The molecule has 0 aliphatic carbocycles. The highest BCUT2D eigenvalue weighted by molar-refractivity contribution is 7.89. The number of aryl methyl sites for hydroxylation is 1. The fourth-order valence-electron chi connectivity index (χ4n) is 3.14. The van der Waals surface area contributed by atoms with Crippen LogP contribution in [-0.4, -0.2) is 56.3 Å². The zero-order valence-electron chi connectivity index (χ0n) is 16.5. The number of piperazine rings is 1. The predicted molar refractivity (Wildman–Crippen MR) is 108 cm³/mol. The first-order valence-electron chi connectivity index (χ1n) is 9.33. The number of hydrogen-bond donors (Lipinski definition) is 0.